The predicted molar refractivity (Wildman–Crippen MR) is 95.9 cm³/mol. The van der Waals surface area contributed by atoms with Crippen molar-refractivity contribution < 1.29 is 9.84 Å². The normalized spacial score (nSPS) is 21.7. The van der Waals surface area contributed by atoms with E-state index in [9.17, 15) is 5.11 Å². The van der Waals surface area contributed by atoms with Crippen molar-refractivity contribution in [2.24, 2.45) is 0 Å². The summed E-state index contributed by atoms with van der Waals surface area (Å²) in [5.41, 5.74) is 2.18. The average molecular weight is 340 g/mol. The van der Waals surface area contributed by atoms with Crippen molar-refractivity contribution in [3.05, 3.63) is 47.9 Å². The molecule has 132 valence electrons. The molecule has 1 N–H and O–H groups in total. The zero-order valence-corrected chi connectivity index (χ0v) is 14.5. The first-order chi connectivity index (χ1) is 12.2. The zero-order valence-electron chi connectivity index (χ0n) is 14.5. The van der Waals surface area contributed by atoms with Crippen LogP contribution in [-0.2, 0) is 6.42 Å². The number of fused-ring (bicyclic) bond motifs is 1. The maximum Gasteiger partial charge on any atom is 0.147 e. The number of nitrogens with zero attached hydrogens (tertiary/aromatic N) is 4. The molecule has 1 fully saturated rings. The van der Waals surface area contributed by atoms with Gasteiger partial charge in [0.05, 0.1) is 12.3 Å². The van der Waals surface area contributed by atoms with Gasteiger partial charge in [0.25, 0.3) is 0 Å². The molecule has 2 aliphatic heterocycles. The molecule has 0 aliphatic carbocycles. The Morgan fingerprint density at radius 2 is 2.08 bits per heavy atom. The molecule has 25 heavy (non-hydrogen) atoms. The molecule has 0 radical (unpaired) electrons. The third-order valence-electron chi connectivity index (χ3n) is 4.98. The molecule has 1 aromatic carbocycles. The van der Waals surface area contributed by atoms with Gasteiger partial charge < -0.3 is 14.7 Å². The fraction of sp³-hybridized carbons (Fsp3) is 0.474. The number of anilines is 1. The lowest BCUT2D eigenvalue weighted by atomic mass is 10.0. The first-order valence-electron chi connectivity index (χ1n) is 8.90. The summed E-state index contributed by atoms with van der Waals surface area (Å²) >= 11 is 0. The van der Waals surface area contributed by atoms with Crippen LogP contribution in [0.3, 0.4) is 0 Å². The van der Waals surface area contributed by atoms with Gasteiger partial charge in [-0.2, -0.15) is 0 Å². The van der Waals surface area contributed by atoms with Gasteiger partial charge >= 0.3 is 0 Å². The minimum absolute atomic E-state index is 0.233. The summed E-state index contributed by atoms with van der Waals surface area (Å²) in [7, 11) is 0. The minimum Gasteiger partial charge on any atom is -0.490 e. The third-order valence-corrected chi connectivity index (χ3v) is 4.98. The Morgan fingerprint density at radius 3 is 2.84 bits per heavy atom. The zero-order chi connectivity index (χ0) is 17.2. The number of rotatable bonds is 4. The summed E-state index contributed by atoms with van der Waals surface area (Å²) in [6.07, 6.45) is 5.91. The van der Waals surface area contributed by atoms with Crippen molar-refractivity contribution in [3.8, 4) is 5.75 Å². The number of hydrogen-bond donors (Lipinski definition) is 1. The number of aliphatic hydroxyl groups is 1. The molecule has 6 heteroatoms. The minimum atomic E-state index is -0.468. The quantitative estimate of drug-likeness (QED) is 0.913. The molecular formula is C19H24N4O2. The highest BCUT2D eigenvalue weighted by atomic mass is 16.5. The molecule has 0 unspecified atom stereocenters. The Bertz CT molecular complexity index is 717. The second-order valence-electron chi connectivity index (χ2n) is 6.87. The Morgan fingerprint density at radius 1 is 1.24 bits per heavy atom. The first kappa shape index (κ1) is 16.3. The average Bonchev–Trinajstić information content (AvgIpc) is 3.02. The van der Waals surface area contributed by atoms with Crippen molar-refractivity contribution in [1.82, 2.24) is 14.9 Å². The summed E-state index contributed by atoms with van der Waals surface area (Å²) in [5, 5.41) is 10.6. The van der Waals surface area contributed by atoms with Crippen LogP contribution >= 0.6 is 0 Å². The number of β-amino-alcohol motifs (C(OH)–C–C–N with tert-alkyl or cyclic N) is 1. The lowest BCUT2D eigenvalue weighted by Gasteiger charge is -2.36. The lowest BCUT2D eigenvalue weighted by molar-refractivity contribution is 0.109. The number of benzene rings is 1. The van der Waals surface area contributed by atoms with Gasteiger partial charge in [0, 0.05) is 51.5 Å². The van der Waals surface area contributed by atoms with E-state index in [1.54, 1.807) is 18.6 Å². The van der Waals surface area contributed by atoms with Crippen LogP contribution in [0.1, 0.15) is 24.2 Å². The highest BCUT2D eigenvalue weighted by molar-refractivity contribution is 5.41. The number of hydrogen-bond acceptors (Lipinski definition) is 6. The molecule has 1 aromatic heterocycles. The maximum absolute atomic E-state index is 10.6. The van der Waals surface area contributed by atoms with Crippen molar-refractivity contribution >= 4 is 5.82 Å². The van der Waals surface area contributed by atoms with Crippen LogP contribution in [0.25, 0.3) is 0 Å². The van der Waals surface area contributed by atoms with Crippen LogP contribution in [-0.4, -0.2) is 58.8 Å². The van der Waals surface area contributed by atoms with E-state index in [1.165, 1.54) is 5.56 Å². The molecule has 2 aromatic rings. The number of aromatic nitrogens is 2. The molecule has 1 saturated heterocycles. The Hall–Kier alpha value is -2.18. The molecule has 0 amide bonds. The monoisotopic (exact) mass is 340 g/mol. The van der Waals surface area contributed by atoms with Crippen molar-refractivity contribution in [2.75, 3.05) is 37.6 Å². The van der Waals surface area contributed by atoms with E-state index < -0.39 is 6.10 Å². The molecule has 4 rings (SSSR count). The van der Waals surface area contributed by atoms with Crippen molar-refractivity contribution in [2.45, 2.75) is 25.6 Å². The third kappa shape index (κ3) is 3.60. The van der Waals surface area contributed by atoms with Crippen LogP contribution in [0.2, 0.25) is 0 Å². The highest BCUT2D eigenvalue weighted by Crippen LogP contribution is 2.31. The van der Waals surface area contributed by atoms with Gasteiger partial charge in [0.2, 0.25) is 0 Å². The Labute approximate surface area is 148 Å². The molecular weight excluding hydrogens is 316 g/mol. The van der Waals surface area contributed by atoms with Gasteiger partial charge in [-0.3, -0.25) is 9.88 Å². The molecule has 2 atom stereocenters. The number of piperazine rings is 1. The smallest absolute Gasteiger partial charge is 0.147 e. The molecule has 0 saturated carbocycles. The first-order valence-corrected chi connectivity index (χ1v) is 8.90. The van der Waals surface area contributed by atoms with E-state index in [2.05, 4.69) is 32.8 Å². The highest BCUT2D eigenvalue weighted by Gasteiger charge is 2.23. The summed E-state index contributed by atoms with van der Waals surface area (Å²) in [5.74, 6) is 1.89. The largest absolute Gasteiger partial charge is 0.490 e. The predicted octanol–water partition coefficient (Wildman–Crippen LogP) is 1.66. The maximum atomic E-state index is 10.6. The van der Waals surface area contributed by atoms with E-state index in [1.807, 2.05) is 12.1 Å². The molecule has 2 aliphatic rings. The summed E-state index contributed by atoms with van der Waals surface area (Å²) in [6, 6.07) is 6.07. The summed E-state index contributed by atoms with van der Waals surface area (Å²) in [4.78, 5) is 13.0. The number of ether oxygens (including phenoxy) is 1. The van der Waals surface area contributed by atoms with E-state index in [-0.39, 0.29) is 6.10 Å². The van der Waals surface area contributed by atoms with Crippen LogP contribution in [0.15, 0.2) is 36.8 Å². The molecule has 0 spiro atoms. The van der Waals surface area contributed by atoms with E-state index in [0.29, 0.717) is 6.54 Å². The van der Waals surface area contributed by atoms with Gasteiger partial charge in [0.15, 0.2) is 0 Å². The van der Waals surface area contributed by atoms with Crippen LogP contribution < -0.4 is 9.64 Å². The topological polar surface area (TPSA) is 61.7 Å². The SMILES string of the molecule is C[C@@H]1Cc2cc([C@H](O)CN3CCN(c4cnccn4)CC3)ccc2O1. The fourth-order valence-electron chi connectivity index (χ4n) is 3.61. The van der Waals surface area contributed by atoms with Gasteiger partial charge in [-0.05, 0) is 30.2 Å². The lowest BCUT2D eigenvalue weighted by Crippen LogP contribution is -2.47. The van der Waals surface area contributed by atoms with Gasteiger partial charge in [-0.15, -0.1) is 0 Å². The van der Waals surface area contributed by atoms with Gasteiger partial charge in [-0.25, -0.2) is 4.98 Å². The summed E-state index contributed by atoms with van der Waals surface area (Å²) in [6.45, 7) is 6.37. The van der Waals surface area contributed by atoms with E-state index in [4.69, 9.17) is 4.74 Å². The van der Waals surface area contributed by atoms with Crippen LogP contribution in [0.4, 0.5) is 5.82 Å². The number of aliphatic hydroxyl groups excluding tert-OH is 1. The van der Waals surface area contributed by atoms with Crippen LogP contribution in [0, 0.1) is 0 Å². The molecule has 3 heterocycles. The van der Waals surface area contributed by atoms with E-state index >= 15 is 0 Å². The summed E-state index contributed by atoms with van der Waals surface area (Å²) < 4.78 is 5.74. The second-order valence-corrected chi connectivity index (χ2v) is 6.87. The Balaban J connectivity index is 1.33. The van der Waals surface area contributed by atoms with Gasteiger partial charge in [-0.1, -0.05) is 6.07 Å². The molecule has 0 bridgehead atoms. The van der Waals surface area contributed by atoms with Crippen molar-refractivity contribution in [1.29, 1.82) is 0 Å². The Kier molecular flexibility index (Phi) is 4.55. The molecule has 6 nitrogen and oxygen atoms in total. The van der Waals surface area contributed by atoms with Crippen LogP contribution in [0.5, 0.6) is 5.75 Å². The van der Waals surface area contributed by atoms with Gasteiger partial charge in [0.1, 0.15) is 17.7 Å². The van der Waals surface area contributed by atoms with E-state index in [0.717, 1.165) is 49.7 Å². The second kappa shape index (κ2) is 6.98. The standard InChI is InChI=1S/C19H24N4O2/c1-14-10-16-11-15(2-3-18(16)25-14)17(24)13-22-6-8-23(9-7-22)19-12-20-4-5-21-19/h2-5,11-12,14,17,24H,6-10,13H2,1H3/t14-,17-/m1/s1. The fourth-order valence-corrected chi connectivity index (χ4v) is 3.61. The van der Waals surface area contributed by atoms with Crippen molar-refractivity contribution in [3.63, 3.8) is 0 Å².